The third kappa shape index (κ3) is 4.11. The molecule has 0 aromatic heterocycles. The molecule has 1 fully saturated rings. The summed E-state index contributed by atoms with van der Waals surface area (Å²) in [6.07, 6.45) is 3.44. The van der Waals surface area contributed by atoms with E-state index in [0.717, 1.165) is 32.4 Å². The lowest BCUT2D eigenvalue weighted by Gasteiger charge is -2.34. The van der Waals surface area contributed by atoms with Crippen LogP contribution < -0.4 is 5.32 Å². The van der Waals surface area contributed by atoms with E-state index in [1.165, 1.54) is 7.11 Å². The maximum absolute atomic E-state index is 12.2. The van der Waals surface area contributed by atoms with E-state index in [2.05, 4.69) is 12.2 Å². The van der Waals surface area contributed by atoms with Crippen LogP contribution in [0.3, 0.4) is 0 Å². The maximum Gasteiger partial charge on any atom is 0.331 e. The van der Waals surface area contributed by atoms with Gasteiger partial charge in [0.05, 0.1) is 7.11 Å². The molecule has 1 rings (SSSR count). The van der Waals surface area contributed by atoms with E-state index in [9.17, 15) is 9.59 Å². The Hall–Kier alpha value is -1.26. The van der Waals surface area contributed by atoms with Gasteiger partial charge in [0.1, 0.15) is 5.54 Å². The zero-order valence-electron chi connectivity index (χ0n) is 12.5. The van der Waals surface area contributed by atoms with Gasteiger partial charge in [-0.05, 0) is 32.1 Å². The highest BCUT2D eigenvalue weighted by molar-refractivity contribution is 5.87. The molecule has 1 unspecified atom stereocenters. The molecule has 0 bridgehead atoms. The van der Waals surface area contributed by atoms with Gasteiger partial charge in [-0.2, -0.15) is 0 Å². The first-order valence-electron chi connectivity index (χ1n) is 7.08. The molecule has 2 amide bonds. The molecule has 1 saturated heterocycles. The first-order valence-corrected chi connectivity index (χ1v) is 7.08. The number of nitrogens with zero attached hydrogens (tertiary/aromatic N) is 1. The van der Waals surface area contributed by atoms with Crippen molar-refractivity contribution < 1.29 is 14.3 Å². The molecule has 1 aliphatic heterocycles. The van der Waals surface area contributed by atoms with E-state index in [1.54, 1.807) is 11.8 Å². The SMILES string of the molecule is CCCC(C)(NC(=O)N1CCC(C)CC1)C(=O)OC. The second-order valence-corrected chi connectivity index (χ2v) is 5.67. The van der Waals surface area contributed by atoms with Crippen LogP contribution in [-0.2, 0) is 9.53 Å². The number of hydrogen-bond donors (Lipinski definition) is 1. The standard InChI is InChI=1S/C14H26N2O3/c1-5-8-14(3,12(17)19-4)15-13(18)16-9-6-11(2)7-10-16/h11H,5-10H2,1-4H3,(H,15,18). The van der Waals surface area contributed by atoms with Gasteiger partial charge < -0.3 is 15.0 Å². The Bertz CT molecular complexity index is 325. The minimum absolute atomic E-state index is 0.159. The van der Waals surface area contributed by atoms with Gasteiger partial charge in [-0.25, -0.2) is 9.59 Å². The Balaban J connectivity index is 2.63. The van der Waals surface area contributed by atoms with Crippen LogP contribution in [-0.4, -0.2) is 42.6 Å². The molecule has 1 aliphatic rings. The quantitative estimate of drug-likeness (QED) is 0.796. The van der Waals surface area contributed by atoms with E-state index in [-0.39, 0.29) is 12.0 Å². The number of methoxy groups -OCH3 is 1. The molecule has 0 radical (unpaired) electrons. The monoisotopic (exact) mass is 270 g/mol. The molecule has 1 N–H and O–H groups in total. The minimum atomic E-state index is -0.927. The Morgan fingerprint density at radius 3 is 2.42 bits per heavy atom. The number of piperidine rings is 1. The van der Waals surface area contributed by atoms with Gasteiger partial charge in [-0.1, -0.05) is 20.3 Å². The van der Waals surface area contributed by atoms with E-state index in [4.69, 9.17) is 4.74 Å². The molecule has 0 aliphatic carbocycles. The van der Waals surface area contributed by atoms with Crippen LogP contribution in [0, 0.1) is 5.92 Å². The van der Waals surface area contributed by atoms with Crippen LogP contribution in [0.2, 0.25) is 0 Å². The maximum atomic E-state index is 12.2. The third-order valence-corrected chi connectivity index (χ3v) is 3.84. The van der Waals surface area contributed by atoms with Crippen LogP contribution in [0.15, 0.2) is 0 Å². The smallest absolute Gasteiger partial charge is 0.331 e. The number of ether oxygens (including phenoxy) is 1. The van der Waals surface area contributed by atoms with Gasteiger partial charge in [0.15, 0.2) is 0 Å². The molecule has 1 heterocycles. The van der Waals surface area contributed by atoms with Crippen molar-refractivity contribution in [3.8, 4) is 0 Å². The molecule has 1 atom stereocenters. The summed E-state index contributed by atoms with van der Waals surface area (Å²) >= 11 is 0. The number of rotatable bonds is 4. The zero-order valence-corrected chi connectivity index (χ0v) is 12.5. The minimum Gasteiger partial charge on any atom is -0.467 e. The second kappa shape index (κ2) is 6.78. The first-order chi connectivity index (χ1) is 8.92. The number of likely N-dealkylation sites (tertiary alicyclic amines) is 1. The summed E-state index contributed by atoms with van der Waals surface area (Å²) in [7, 11) is 1.35. The average Bonchev–Trinajstić information content (AvgIpc) is 2.38. The van der Waals surface area contributed by atoms with Gasteiger partial charge in [0.2, 0.25) is 0 Å². The zero-order chi connectivity index (χ0) is 14.5. The highest BCUT2D eigenvalue weighted by Gasteiger charge is 2.36. The first kappa shape index (κ1) is 15.8. The van der Waals surface area contributed by atoms with E-state index < -0.39 is 5.54 Å². The lowest BCUT2D eigenvalue weighted by molar-refractivity contribution is -0.147. The van der Waals surface area contributed by atoms with Gasteiger partial charge in [-0.15, -0.1) is 0 Å². The number of hydrogen-bond acceptors (Lipinski definition) is 3. The average molecular weight is 270 g/mol. The van der Waals surface area contributed by atoms with Gasteiger partial charge in [0, 0.05) is 13.1 Å². The summed E-state index contributed by atoms with van der Waals surface area (Å²) in [6.45, 7) is 7.43. The Morgan fingerprint density at radius 1 is 1.37 bits per heavy atom. The van der Waals surface area contributed by atoms with Crippen molar-refractivity contribution in [2.75, 3.05) is 20.2 Å². The largest absolute Gasteiger partial charge is 0.467 e. The van der Waals surface area contributed by atoms with Gasteiger partial charge >= 0.3 is 12.0 Å². The van der Waals surface area contributed by atoms with Crippen molar-refractivity contribution in [3.63, 3.8) is 0 Å². The molecule has 0 saturated carbocycles. The van der Waals surface area contributed by atoms with Crippen LogP contribution in [0.4, 0.5) is 4.79 Å². The number of urea groups is 1. The van der Waals surface area contributed by atoms with Crippen LogP contribution >= 0.6 is 0 Å². The lowest BCUT2D eigenvalue weighted by atomic mass is 9.96. The molecular formula is C14H26N2O3. The fourth-order valence-corrected chi connectivity index (χ4v) is 2.47. The third-order valence-electron chi connectivity index (χ3n) is 3.84. The molecule has 0 spiro atoms. The molecule has 5 heteroatoms. The van der Waals surface area contributed by atoms with Crippen LogP contribution in [0.25, 0.3) is 0 Å². The lowest BCUT2D eigenvalue weighted by Crippen LogP contribution is -2.57. The van der Waals surface area contributed by atoms with E-state index in [1.807, 2.05) is 6.92 Å². The number of nitrogens with one attached hydrogen (secondary N) is 1. The summed E-state index contributed by atoms with van der Waals surface area (Å²) in [5, 5.41) is 2.84. The van der Waals surface area contributed by atoms with Crippen molar-refractivity contribution in [3.05, 3.63) is 0 Å². The van der Waals surface area contributed by atoms with Crippen molar-refractivity contribution in [2.24, 2.45) is 5.92 Å². The molecule has 5 nitrogen and oxygen atoms in total. The number of carbonyl (C=O) groups excluding carboxylic acids is 2. The van der Waals surface area contributed by atoms with Gasteiger partial charge in [-0.3, -0.25) is 0 Å². The van der Waals surface area contributed by atoms with Crippen LogP contribution in [0.1, 0.15) is 46.5 Å². The summed E-state index contributed by atoms with van der Waals surface area (Å²) in [6, 6.07) is -0.159. The number of carbonyl (C=O) groups is 2. The van der Waals surface area contributed by atoms with Crippen molar-refractivity contribution in [1.29, 1.82) is 0 Å². The Labute approximate surface area is 115 Å². The van der Waals surface area contributed by atoms with Gasteiger partial charge in [0.25, 0.3) is 0 Å². The number of esters is 1. The summed E-state index contributed by atoms with van der Waals surface area (Å²) in [5.74, 6) is 0.291. The summed E-state index contributed by atoms with van der Waals surface area (Å²) < 4.78 is 4.80. The molecule has 19 heavy (non-hydrogen) atoms. The van der Waals surface area contributed by atoms with E-state index >= 15 is 0 Å². The van der Waals surface area contributed by atoms with Crippen LogP contribution in [0.5, 0.6) is 0 Å². The fraction of sp³-hybridized carbons (Fsp3) is 0.857. The number of amides is 2. The van der Waals surface area contributed by atoms with Crippen molar-refractivity contribution in [2.45, 2.75) is 52.0 Å². The second-order valence-electron chi connectivity index (χ2n) is 5.67. The predicted molar refractivity (Wildman–Crippen MR) is 73.8 cm³/mol. The topological polar surface area (TPSA) is 58.6 Å². The molecule has 0 aromatic carbocycles. The highest BCUT2D eigenvalue weighted by atomic mass is 16.5. The predicted octanol–water partition coefficient (Wildman–Crippen LogP) is 2.16. The van der Waals surface area contributed by atoms with Crippen molar-refractivity contribution in [1.82, 2.24) is 10.2 Å². The molecule has 0 aromatic rings. The molecular weight excluding hydrogens is 244 g/mol. The summed E-state index contributed by atoms with van der Waals surface area (Å²) in [5.41, 5.74) is -0.927. The normalized spacial score (nSPS) is 19.7. The Kier molecular flexibility index (Phi) is 5.63. The fourth-order valence-electron chi connectivity index (χ4n) is 2.47. The highest BCUT2D eigenvalue weighted by Crippen LogP contribution is 2.18. The van der Waals surface area contributed by atoms with E-state index in [0.29, 0.717) is 12.3 Å². The Morgan fingerprint density at radius 2 is 1.95 bits per heavy atom. The summed E-state index contributed by atoms with van der Waals surface area (Å²) in [4.78, 5) is 25.8. The molecule has 110 valence electrons. The van der Waals surface area contributed by atoms with Crippen molar-refractivity contribution >= 4 is 12.0 Å².